The summed E-state index contributed by atoms with van der Waals surface area (Å²) >= 11 is 0. The lowest BCUT2D eigenvalue weighted by atomic mass is 9.94. The van der Waals surface area contributed by atoms with Crippen molar-refractivity contribution in [3.05, 3.63) is 151 Å². The minimum Gasteiger partial charge on any atom is -0.208 e. The van der Waals surface area contributed by atoms with Crippen LogP contribution in [0.1, 0.15) is 11.1 Å². The summed E-state index contributed by atoms with van der Waals surface area (Å²) in [6.07, 6.45) is 0. The first kappa shape index (κ1) is 25.2. The van der Waals surface area contributed by atoms with Crippen molar-refractivity contribution in [2.24, 2.45) is 0 Å². The van der Waals surface area contributed by atoms with Crippen LogP contribution in [0.15, 0.2) is 140 Å². The highest BCUT2D eigenvalue weighted by atomic mass is 19.3. The van der Waals surface area contributed by atoms with E-state index in [1.807, 2.05) is 121 Å². The Labute approximate surface area is 247 Å². The Kier molecular flexibility index (Phi) is 5.73. The zero-order valence-corrected chi connectivity index (χ0v) is 22.9. The van der Waals surface area contributed by atoms with Crippen LogP contribution in [-0.2, 0) is 5.92 Å². The van der Waals surface area contributed by atoms with Gasteiger partial charge < -0.3 is 0 Å². The molecule has 0 atom stereocenters. The molecule has 8 rings (SSSR count). The lowest BCUT2D eigenvalue weighted by Crippen LogP contribution is -2.11. The van der Waals surface area contributed by atoms with Gasteiger partial charge in [0.15, 0.2) is 17.5 Å². The second-order valence-corrected chi connectivity index (χ2v) is 10.7. The van der Waals surface area contributed by atoms with E-state index >= 15 is 8.78 Å². The Morgan fingerprint density at radius 3 is 1.51 bits per heavy atom. The van der Waals surface area contributed by atoms with E-state index in [2.05, 4.69) is 0 Å². The Morgan fingerprint density at radius 2 is 0.884 bits per heavy atom. The van der Waals surface area contributed by atoms with Crippen LogP contribution in [0.25, 0.3) is 67.2 Å². The number of aromatic nitrogens is 3. The second-order valence-electron chi connectivity index (χ2n) is 10.7. The Hall–Kier alpha value is -5.55. The number of halogens is 2. The largest absolute Gasteiger partial charge is 0.299 e. The molecule has 1 heterocycles. The molecule has 7 aromatic rings. The van der Waals surface area contributed by atoms with Gasteiger partial charge in [0.05, 0.1) is 0 Å². The fourth-order valence-electron chi connectivity index (χ4n) is 5.94. The van der Waals surface area contributed by atoms with Gasteiger partial charge in [0.2, 0.25) is 0 Å². The summed E-state index contributed by atoms with van der Waals surface area (Å²) < 4.78 is 32.5. The molecule has 0 fully saturated rings. The minimum absolute atomic E-state index is 0.00989. The van der Waals surface area contributed by atoms with Gasteiger partial charge in [-0.15, -0.1) is 0 Å². The number of fused-ring (bicyclic) bond motifs is 4. The summed E-state index contributed by atoms with van der Waals surface area (Å²) in [6.45, 7) is 0. The third kappa shape index (κ3) is 4.20. The van der Waals surface area contributed by atoms with Crippen molar-refractivity contribution in [2.75, 3.05) is 0 Å². The van der Waals surface area contributed by atoms with Gasteiger partial charge >= 0.3 is 0 Å². The fraction of sp³-hybridized carbons (Fsp3) is 0.0263. The molecular formula is C38H23F2N3. The number of rotatable bonds is 4. The fourth-order valence-corrected chi connectivity index (χ4v) is 5.94. The Morgan fingerprint density at radius 1 is 0.395 bits per heavy atom. The average molecular weight is 560 g/mol. The number of hydrogen-bond acceptors (Lipinski definition) is 3. The molecule has 5 heteroatoms. The first-order valence-corrected chi connectivity index (χ1v) is 14.1. The monoisotopic (exact) mass is 559 g/mol. The standard InChI is InChI=1S/C38H23F2N3/c39-38(40)33-22-27(30-17-9-15-24-10-7-8-16-29(24)30)18-20-31(33)32-21-19-28(23-34(32)38)37-42-35(25-11-3-1-4-12-25)41-36(43-37)26-13-5-2-6-14-26/h1-23H. The van der Waals surface area contributed by atoms with E-state index in [9.17, 15) is 0 Å². The van der Waals surface area contributed by atoms with Crippen LogP contribution in [0, 0.1) is 0 Å². The number of hydrogen-bond donors (Lipinski definition) is 0. The van der Waals surface area contributed by atoms with Gasteiger partial charge in [0, 0.05) is 27.8 Å². The van der Waals surface area contributed by atoms with Gasteiger partial charge in [-0.1, -0.05) is 127 Å². The van der Waals surface area contributed by atoms with Gasteiger partial charge in [-0.2, -0.15) is 8.78 Å². The third-order valence-corrected chi connectivity index (χ3v) is 8.06. The van der Waals surface area contributed by atoms with E-state index < -0.39 is 5.92 Å². The molecule has 204 valence electrons. The van der Waals surface area contributed by atoms with Crippen LogP contribution >= 0.6 is 0 Å². The zero-order valence-electron chi connectivity index (χ0n) is 22.9. The van der Waals surface area contributed by atoms with Crippen molar-refractivity contribution in [1.29, 1.82) is 0 Å². The molecule has 3 nitrogen and oxygen atoms in total. The molecule has 0 radical (unpaired) electrons. The maximum Gasteiger partial charge on any atom is 0.299 e. The molecule has 0 amide bonds. The van der Waals surface area contributed by atoms with E-state index in [0.29, 0.717) is 34.2 Å². The van der Waals surface area contributed by atoms with Gasteiger partial charge in [-0.05, 0) is 45.2 Å². The topological polar surface area (TPSA) is 38.7 Å². The predicted octanol–water partition coefficient (Wildman–Crippen LogP) is 9.81. The van der Waals surface area contributed by atoms with E-state index in [4.69, 9.17) is 15.0 Å². The van der Waals surface area contributed by atoms with Gasteiger partial charge in [-0.25, -0.2) is 15.0 Å². The average Bonchev–Trinajstić information content (AvgIpc) is 3.30. The van der Waals surface area contributed by atoms with Crippen molar-refractivity contribution in [1.82, 2.24) is 15.0 Å². The maximum atomic E-state index is 16.3. The molecule has 0 spiro atoms. The summed E-state index contributed by atoms with van der Waals surface area (Å²) in [5.74, 6) is -1.86. The van der Waals surface area contributed by atoms with E-state index in [-0.39, 0.29) is 11.1 Å². The predicted molar refractivity (Wildman–Crippen MR) is 168 cm³/mol. The molecule has 0 bridgehead atoms. The molecule has 0 saturated heterocycles. The summed E-state index contributed by atoms with van der Waals surface area (Å²) in [7, 11) is 0. The Balaban J connectivity index is 1.25. The van der Waals surface area contributed by atoms with E-state index in [0.717, 1.165) is 33.0 Å². The van der Waals surface area contributed by atoms with Crippen molar-refractivity contribution < 1.29 is 8.78 Å². The highest BCUT2D eigenvalue weighted by Crippen LogP contribution is 2.52. The van der Waals surface area contributed by atoms with E-state index in [1.54, 1.807) is 12.1 Å². The van der Waals surface area contributed by atoms with Crippen LogP contribution in [-0.4, -0.2) is 15.0 Å². The molecule has 0 saturated carbocycles. The highest BCUT2D eigenvalue weighted by Gasteiger charge is 2.44. The number of nitrogens with zero attached hydrogens (tertiary/aromatic N) is 3. The van der Waals surface area contributed by atoms with Crippen LogP contribution in [0.2, 0.25) is 0 Å². The lowest BCUT2D eigenvalue weighted by Gasteiger charge is -2.15. The lowest BCUT2D eigenvalue weighted by molar-refractivity contribution is 0.0481. The van der Waals surface area contributed by atoms with Crippen LogP contribution in [0.5, 0.6) is 0 Å². The van der Waals surface area contributed by atoms with E-state index in [1.165, 1.54) is 6.07 Å². The normalized spacial score (nSPS) is 13.1. The summed E-state index contributed by atoms with van der Waals surface area (Å²) in [4.78, 5) is 14.2. The number of benzene rings is 6. The molecule has 0 aliphatic heterocycles. The molecule has 6 aromatic carbocycles. The molecule has 1 aliphatic carbocycles. The minimum atomic E-state index is -3.18. The molecule has 0 unspecified atom stereocenters. The summed E-state index contributed by atoms with van der Waals surface area (Å²) in [5.41, 5.74) is 4.88. The van der Waals surface area contributed by atoms with Gasteiger partial charge in [0.1, 0.15) is 0 Å². The van der Waals surface area contributed by atoms with Crippen LogP contribution in [0.3, 0.4) is 0 Å². The highest BCUT2D eigenvalue weighted by molar-refractivity contribution is 5.97. The second kappa shape index (κ2) is 9.78. The third-order valence-electron chi connectivity index (χ3n) is 8.06. The zero-order chi connectivity index (χ0) is 29.0. The first-order chi connectivity index (χ1) is 21.1. The van der Waals surface area contributed by atoms with Crippen LogP contribution < -0.4 is 0 Å². The molecular weight excluding hydrogens is 536 g/mol. The molecule has 1 aromatic heterocycles. The Bertz CT molecular complexity index is 2100. The van der Waals surface area contributed by atoms with Crippen LogP contribution in [0.4, 0.5) is 8.78 Å². The van der Waals surface area contributed by atoms with Crippen molar-refractivity contribution in [3.8, 4) is 56.4 Å². The van der Waals surface area contributed by atoms with Crippen molar-refractivity contribution in [2.45, 2.75) is 5.92 Å². The smallest absolute Gasteiger partial charge is 0.208 e. The summed E-state index contributed by atoms with van der Waals surface area (Å²) in [6, 6.07) is 43.7. The summed E-state index contributed by atoms with van der Waals surface area (Å²) in [5, 5.41) is 2.10. The maximum absolute atomic E-state index is 16.3. The SMILES string of the molecule is FC1(F)c2cc(-c3nc(-c4ccccc4)nc(-c4ccccc4)n3)ccc2-c2ccc(-c3cccc4ccccc34)cc21. The number of alkyl halides is 2. The van der Waals surface area contributed by atoms with Crippen molar-refractivity contribution in [3.63, 3.8) is 0 Å². The molecule has 0 N–H and O–H groups in total. The molecule has 1 aliphatic rings. The van der Waals surface area contributed by atoms with Crippen molar-refractivity contribution >= 4 is 10.8 Å². The quantitative estimate of drug-likeness (QED) is 0.215. The molecule has 43 heavy (non-hydrogen) atoms. The first-order valence-electron chi connectivity index (χ1n) is 14.1. The van der Waals surface area contributed by atoms with Gasteiger partial charge in [-0.3, -0.25) is 0 Å². The van der Waals surface area contributed by atoms with Gasteiger partial charge in [0.25, 0.3) is 5.92 Å².